The fraction of sp³-hybridized carbons (Fsp3) is 0.455. The Kier molecular flexibility index (Phi) is 14.8. The molecular weight excluding hydrogens is 606 g/mol. The van der Waals surface area contributed by atoms with E-state index in [0.717, 1.165) is 11.1 Å². The molecule has 2 bridgehead atoms. The molecule has 4 rings (SSSR count). The summed E-state index contributed by atoms with van der Waals surface area (Å²) in [7, 11) is 0. The lowest BCUT2D eigenvalue weighted by Gasteiger charge is -2.26. The topological polar surface area (TPSA) is 235 Å². The average Bonchev–Trinajstić information content (AvgIpc) is 3.05. The molecule has 2 aromatic rings. The highest BCUT2D eigenvalue weighted by Gasteiger charge is 2.31. The molecule has 0 aliphatic carbocycles. The van der Waals surface area contributed by atoms with Crippen LogP contribution in [0.3, 0.4) is 0 Å². The van der Waals surface area contributed by atoms with E-state index in [1.165, 1.54) is 0 Å². The molecule has 14 heteroatoms. The summed E-state index contributed by atoms with van der Waals surface area (Å²) in [6.07, 6.45) is 1.53. The van der Waals surface area contributed by atoms with E-state index in [0.29, 0.717) is 31.4 Å². The van der Waals surface area contributed by atoms with Crippen molar-refractivity contribution in [2.45, 2.75) is 75.5 Å². The zero-order valence-electron chi connectivity index (χ0n) is 26.3. The minimum absolute atomic E-state index is 0.0163. The van der Waals surface area contributed by atoms with E-state index in [9.17, 15) is 33.9 Å². The SMILES string of the molecule is NCCCC[C@@H]1NC(=O)[C@H](CO)NC(=O)[C@H](CCC(N)=O)NC(=O)[C@H](Cc2ccccc2)NC(=O)Cc2ccc(cc2)CCNC1=O. The van der Waals surface area contributed by atoms with Crippen molar-refractivity contribution < 1.29 is 33.9 Å². The van der Waals surface area contributed by atoms with E-state index in [-0.39, 0.29) is 38.6 Å². The van der Waals surface area contributed by atoms with Crippen molar-refractivity contribution in [2.24, 2.45) is 11.5 Å². The molecule has 0 saturated heterocycles. The van der Waals surface area contributed by atoms with Gasteiger partial charge >= 0.3 is 0 Å². The first-order valence-electron chi connectivity index (χ1n) is 15.8. The lowest BCUT2D eigenvalue weighted by molar-refractivity contribution is -0.135. The molecule has 0 unspecified atom stereocenters. The van der Waals surface area contributed by atoms with E-state index in [4.69, 9.17) is 11.5 Å². The normalized spacial score (nSPS) is 21.8. The summed E-state index contributed by atoms with van der Waals surface area (Å²) in [5.74, 6) is -3.97. The second-order valence-corrected chi connectivity index (χ2v) is 11.5. The number of rotatable bonds is 10. The molecule has 14 nitrogen and oxygen atoms in total. The number of carbonyl (C=O) groups excluding carboxylic acids is 6. The van der Waals surface area contributed by atoms with Gasteiger partial charge in [-0.1, -0.05) is 54.6 Å². The Bertz CT molecular complexity index is 1370. The molecule has 6 amide bonds. The minimum atomic E-state index is -1.48. The Morgan fingerprint density at radius 1 is 0.723 bits per heavy atom. The first kappa shape index (κ1) is 36.6. The van der Waals surface area contributed by atoms with Crippen molar-refractivity contribution in [1.82, 2.24) is 26.6 Å². The summed E-state index contributed by atoms with van der Waals surface area (Å²) in [5.41, 5.74) is 13.3. The maximum atomic E-state index is 13.6. The lowest BCUT2D eigenvalue weighted by Crippen LogP contribution is -2.59. The molecular formula is C33H45N7O7. The molecule has 10 N–H and O–H groups in total. The van der Waals surface area contributed by atoms with Crippen LogP contribution in [0.25, 0.3) is 0 Å². The van der Waals surface area contributed by atoms with E-state index >= 15 is 0 Å². The zero-order chi connectivity index (χ0) is 34.2. The number of amides is 6. The van der Waals surface area contributed by atoms with Gasteiger partial charge < -0.3 is 43.2 Å². The third kappa shape index (κ3) is 12.5. The molecule has 2 heterocycles. The number of benzene rings is 2. The van der Waals surface area contributed by atoms with Crippen LogP contribution in [0.4, 0.5) is 0 Å². The van der Waals surface area contributed by atoms with Gasteiger partial charge in [0.1, 0.15) is 24.2 Å². The fourth-order valence-electron chi connectivity index (χ4n) is 5.09. The van der Waals surface area contributed by atoms with Crippen LogP contribution in [-0.2, 0) is 48.0 Å². The summed E-state index contributed by atoms with van der Waals surface area (Å²) < 4.78 is 0. The summed E-state index contributed by atoms with van der Waals surface area (Å²) in [5, 5.41) is 23.2. The number of aliphatic hydroxyl groups is 1. The van der Waals surface area contributed by atoms with Crippen molar-refractivity contribution in [1.29, 1.82) is 0 Å². The highest BCUT2D eigenvalue weighted by molar-refractivity contribution is 5.96. The predicted molar refractivity (Wildman–Crippen MR) is 173 cm³/mol. The van der Waals surface area contributed by atoms with Gasteiger partial charge in [0.2, 0.25) is 35.4 Å². The molecule has 0 aromatic heterocycles. The van der Waals surface area contributed by atoms with Crippen LogP contribution in [0.5, 0.6) is 0 Å². The van der Waals surface area contributed by atoms with Gasteiger partial charge in [0.15, 0.2) is 0 Å². The Morgan fingerprint density at radius 2 is 1.32 bits per heavy atom. The van der Waals surface area contributed by atoms with E-state index < -0.39 is 66.2 Å². The minimum Gasteiger partial charge on any atom is -0.394 e. The first-order chi connectivity index (χ1) is 22.6. The second kappa shape index (κ2) is 19.0. The molecule has 2 aliphatic heterocycles. The van der Waals surface area contributed by atoms with Crippen molar-refractivity contribution in [2.75, 3.05) is 19.7 Å². The number of unbranched alkanes of at least 4 members (excludes halogenated alkanes) is 1. The molecule has 0 spiro atoms. The highest BCUT2D eigenvalue weighted by Crippen LogP contribution is 2.10. The Labute approximate surface area is 273 Å². The van der Waals surface area contributed by atoms with Crippen LogP contribution in [0, 0.1) is 0 Å². The maximum Gasteiger partial charge on any atom is 0.245 e. The number of hydrogen-bond donors (Lipinski definition) is 8. The smallest absolute Gasteiger partial charge is 0.245 e. The third-order valence-corrected chi connectivity index (χ3v) is 7.74. The van der Waals surface area contributed by atoms with Crippen molar-refractivity contribution in [3.63, 3.8) is 0 Å². The molecule has 254 valence electrons. The van der Waals surface area contributed by atoms with Gasteiger partial charge in [0.25, 0.3) is 0 Å². The maximum absolute atomic E-state index is 13.6. The summed E-state index contributed by atoms with van der Waals surface area (Å²) >= 11 is 0. The standard InChI is InChI=1S/C33H45N7O7/c34-16-5-4-8-24-30(44)36-17-15-21-9-11-23(12-10-21)19-29(43)37-26(18-22-6-2-1-3-7-22)32(46)39-25(13-14-28(35)42)31(45)40-27(20-41)33(47)38-24/h1-3,6-7,9-12,24-27,41H,4-5,8,13-20,34H2,(H2,35,42)(H,36,44)(H,37,43)(H,38,47)(H,39,46)(H,40,45)/t24-,25-,26-,27-/m0/s1. The van der Waals surface area contributed by atoms with Gasteiger partial charge in [-0.15, -0.1) is 0 Å². The number of fused-ring (bicyclic) bond motifs is 18. The van der Waals surface area contributed by atoms with Crippen LogP contribution in [0.2, 0.25) is 0 Å². The first-order valence-corrected chi connectivity index (χ1v) is 15.8. The van der Waals surface area contributed by atoms with E-state index in [1.807, 2.05) is 18.2 Å². The summed E-state index contributed by atoms with van der Waals surface area (Å²) in [6.45, 7) is -0.133. The molecule has 0 saturated carbocycles. The zero-order valence-corrected chi connectivity index (χ0v) is 26.3. The monoisotopic (exact) mass is 651 g/mol. The van der Waals surface area contributed by atoms with Gasteiger partial charge in [0.05, 0.1) is 13.0 Å². The summed E-state index contributed by atoms with van der Waals surface area (Å²) in [6, 6.07) is 11.4. The second-order valence-electron chi connectivity index (χ2n) is 11.5. The Morgan fingerprint density at radius 3 is 1.96 bits per heavy atom. The van der Waals surface area contributed by atoms with Gasteiger partial charge in [-0.2, -0.15) is 0 Å². The molecule has 2 aliphatic rings. The highest BCUT2D eigenvalue weighted by atomic mass is 16.3. The van der Waals surface area contributed by atoms with Gasteiger partial charge in [-0.3, -0.25) is 28.8 Å². The lowest BCUT2D eigenvalue weighted by atomic mass is 10.0. The molecule has 4 atom stereocenters. The van der Waals surface area contributed by atoms with Gasteiger partial charge in [-0.25, -0.2) is 0 Å². The quantitative estimate of drug-likeness (QED) is 0.111. The fourth-order valence-corrected chi connectivity index (χ4v) is 5.09. The van der Waals surface area contributed by atoms with Crippen molar-refractivity contribution >= 4 is 35.4 Å². The Hall–Kier alpha value is -4.82. The number of nitrogens with two attached hydrogens (primary N) is 2. The van der Waals surface area contributed by atoms with Crippen LogP contribution in [0.15, 0.2) is 54.6 Å². The molecule has 2 aromatic carbocycles. The predicted octanol–water partition coefficient (Wildman–Crippen LogP) is -1.53. The number of aliphatic hydroxyl groups excluding tert-OH is 1. The number of hydrogen-bond acceptors (Lipinski definition) is 8. The third-order valence-electron chi connectivity index (χ3n) is 7.74. The van der Waals surface area contributed by atoms with Gasteiger partial charge in [-0.05, 0) is 55.3 Å². The van der Waals surface area contributed by atoms with E-state index in [1.54, 1.807) is 36.4 Å². The van der Waals surface area contributed by atoms with Crippen molar-refractivity contribution in [3.05, 3.63) is 71.3 Å². The molecule has 0 fully saturated rings. The number of nitrogens with one attached hydrogen (secondary N) is 5. The van der Waals surface area contributed by atoms with Crippen LogP contribution in [-0.4, -0.2) is 84.4 Å². The van der Waals surface area contributed by atoms with Crippen LogP contribution in [0.1, 0.15) is 48.8 Å². The van der Waals surface area contributed by atoms with E-state index in [2.05, 4.69) is 26.6 Å². The molecule has 47 heavy (non-hydrogen) atoms. The average molecular weight is 652 g/mol. The summed E-state index contributed by atoms with van der Waals surface area (Å²) in [4.78, 5) is 78.0. The number of primary amides is 1. The largest absolute Gasteiger partial charge is 0.394 e. The van der Waals surface area contributed by atoms with Crippen molar-refractivity contribution in [3.8, 4) is 0 Å². The van der Waals surface area contributed by atoms with Crippen LogP contribution >= 0.6 is 0 Å². The molecule has 0 radical (unpaired) electrons. The van der Waals surface area contributed by atoms with Gasteiger partial charge in [0, 0.05) is 19.4 Å². The number of carbonyl (C=O) groups is 6. The van der Waals surface area contributed by atoms with Crippen LogP contribution < -0.4 is 38.1 Å². The Balaban J connectivity index is 1.93.